The Balaban J connectivity index is 1.76. The molecule has 1 aliphatic heterocycles. The number of nitrogens with one attached hydrogen (secondary N) is 1. The second-order valence-electron chi connectivity index (χ2n) is 4.34. The Morgan fingerprint density at radius 2 is 2.14 bits per heavy atom. The van der Waals surface area contributed by atoms with Crippen LogP contribution >= 0.6 is 12.2 Å². The molecule has 4 heteroatoms. The van der Waals surface area contributed by atoms with Gasteiger partial charge >= 0.3 is 0 Å². The summed E-state index contributed by atoms with van der Waals surface area (Å²) in [6.07, 6.45) is 5.27. The first-order valence-corrected chi connectivity index (χ1v) is 5.84. The van der Waals surface area contributed by atoms with Gasteiger partial charge in [-0.05, 0) is 19.3 Å². The van der Waals surface area contributed by atoms with Gasteiger partial charge in [-0.2, -0.15) is 0 Å². The molecule has 1 heterocycles. The number of hydrogen-bond acceptors (Lipinski definition) is 3. The fourth-order valence-electron chi connectivity index (χ4n) is 2.35. The van der Waals surface area contributed by atoms with Gasteiger partial charge in [0.05, 0.1) is 0 Å². The van der Waals surface area contributed by atoms with E-state index >= 15 is 0 Å². The van der Waals surface area contributed by atoms with Gasteiger partial charge in [-0.25, -0.2) is 0 Å². The van der Waals surface area contributed by atoms with E-state index in [1.165, 1.54) is 12.8 Å². The lowest BCUT2D eigenvalue weighted by atomic mass is 10.2. The van der Waals surface area contributed by atoms with Crippen LogP contribution in [0.2, 0.25) is 0 Å². The molecule has 2 nitrogen and oxygen atoms in total. The summed E-state index contributed by atoms with van der Waals surface area (Å²) in [5, 5.41) is 4.26. The predicted octanol–water partition coefficient (Wildman–Crippen LogP) is 1.85. The van der Waals surface area contributed by atoms with E-state index in [1.54, 1.807) is 0 Å². The number of hydrogen-bond donors (Lipinski definition) is 1. The van der Waals surface area contributed by atoms with Crippen LogP contribution in [0.5, 0.6) is 0 Å². The second-order valence-corrected chi connectivity index (χ2v) is 4.92. The Morgan fingerprint density at radius 3 is 2.71 bits per heavy atom. The first kappa shape index (κ1) is 10.5. The van der Waals surface area contributed by atoms with Gasteiger partial charge in [0.25, 0.3) is 0 Å². The number of thiocarbonyl (C=S) groups is 1. The quantitative estimate of drug-likeness (QED) is 0.572. The highest BCUT2D eigenvalue weighted by atomic mass is 32.1. The molecule has 0 amide bonds. The van der Waals surface area contributed by atoms with Gasteiger partial charge < -0.3 is 5.32 Å². The molecule has 1 unspecified atom stereocenters. The minimum Gasteiger partial charge on any atom is -0.308 e. The van der Waals surface area contributed by atoms with Crippen molar-refractivity contribution in [1.82, 2.24) is 10.4 Å². The van der Waals surface area contributed by atoms with E-state index in [2.05, 4.69) is 5.32 Å². The zero-order valence-corrected chi connectivity index (χ0v) is 9.15. The zero-order chi connectivity index (χ0) is 9.97. The van der Waals surface area contributed by atoms with E-state index in [0.29, 0.717) is 6.54 Å². The summed E-state index contributed by atoms with van der Waals surface area (Å²) in [6, 6.07) is 0.416. The highest BCUT2D eigenvalue weighted by Crippen LogP contribution is 2.24. The lowest BCUT2D eigenvalue weighted by Gasteiger charge is -2.21. The molecule has 0 aromatic rings. The topological polar surface area (TPSA) is 15.3 Å². The third-order valence-corrected chi connectivity index (χ3v) is 3.49. The van der Waals surface area contributed by atoms with Crippen LogP contribution in [0.3, 0.4) is 0 Å². The van der Waals surface area contributed by atoms with Gasteiger partial charge in [-0.3, -0.25) is 0 Å². The number of halogens is 1. The molecule has 80 valence electrons. The van der Waals surface area contributed by atoms with E-state index in [1.807, 2.05) is 0 Å². The lowest BCUT2D eigenvalue weighted by Crippen LogP contribution is -2.37. The van der Waals surface area contributed by atoms with Crippen molar-refractivity contribution < 1.29 is 4.48 Å². The van der Waals surface area contributed by atoms with E-state index in [0.717, 1.165) is 35.8 Å². The van der Waals surface area contributed by atoms with Crippen LogP contribution in [0.1, 0.15) is 32.1 Å². The Labute approximate surface area is 89.8 Å². The number of rotatable bonds is 3. The molecule has 0 spiro atoms. The van der Waals surface area contributed by atoms with Crippen molar-refractivity contribution in [1.29, 1.82) is 0 Å². The lowest BCUT2D eigenvalue weighted by molar-refractivity contribution is -0.0258. The van der Waals surface area contributed by atoms with Crippen LogP contribution in [-0.4, -0.2) is 35.2 Å². The minimum atomic E-state index is 0.172. The van der Waals surface area contributed by atoms with Gasteiger partial charge in [0.15, 0.2) is 0 Å². The van der Waals surface area contributed by atoms with Crippen molar-refractivity contribution in [3.8, 4) is 0 Å². The fourth-order valence-corrected chi connectivity index (χ4v) is 2.63. The van der Waals surface area contributed by atoms with Crippen LogP contribution in [0, 0.1) is 0 Å². The molecule has 0 bridgehead atoms. The Kier molecular flexibility index (Phi) is 3.47. The smallest absolute Gasteiger partial charge is 0.0451 e. The van der Waals surface area contributed by atoms with Crippen LogP contribution in [-0.2, 0) is 0 Å². The highest BCUT2D eigenvalue weighted by molar-refractivity contribution is 7.80. The third kappa shape index (κ3) is 2.49. The molecular formula is C10H17FN2S. The first-order chi connectivity index (χ1) is 6.75. The molecule has 1 aliphatic carbocycles. The van der Waals surface area contributed by atoms with Crippen LogP contribution in [0.15, 0.2) is 0 Å². The molecular weight excluding hydrogens is 199 g/mol. The molecule has 1 N–H and O–H groups in total. The summed E-state index contributed by atoms with van der Waals surface area (Å²) in [7, 11) is 0. The first-order valence-electron chi connectivity index (χ1n) is 5.43. The summed E-state index contributed by atoms with van der Waals surface area (Å²) in [5.41, 5.74) is 0. The average Bonchev–Trinajstić information content (AvgIpc) is 2.75. The maximum absolute atomic E-state index is 13.6. The van der Waals surface area contributed by atoms with Crippen molar-refractivity contribution in [3.63, 3.8) is 0 Å². The van der Waals surface area contributed by atoms with Gasteiger partial charge in [0.2, 0.25) is 0 Å². The minimum absolute atomic E-state index is 0.172. The van der Waals surface area contributed by atoms with Crippen molar-refractivity contribution in [2.75, 3.05) is 13.1 Å². The van der Waals surface area contributed by atoms with Crippen LogP contribution < -0.4 is 5.32 Å². The van der Waals surface area contributed by atoms with Crippen LogP contribution in [0.25, 0.3) is 0 Å². The zero-order valence-electron chi connectivity index (χ0n) is 8.34. The Bertz CT molecular complexity index is 216. The summed E-state index contributed by atoms with van der Waals surface area (Å²) in [5.74, 6) is 0. The molecule has 0 radical (unpaired) electrons. The molecule has 2 aliphatic rings. The average molecular weight is 216 g/mol. The predicted molar refractivity (Wildman–Crippen MR) is 59.1 cm³/mol. The van der Waals surface area contributed by atoms with Crippen molar-refractivity contribution >= 4 is 17.1 Å². The molecule has 2 fully saturated rings. The summed E-state index contributed by atoms with van der Waals surface area (Å²) < 4.78 is 13.6. The summed E-state index contributed by atoms with van der Waals surface area (Å²) in [6.45, 7) is 1.29. The van der Waals surface area contributed by atoms with Crippen LogP contribution in [0.4, 0.5) is 4.48 Å². The Morgan fingerprint density at radius 1 is 1.43 bits per heavy atom. The Hall–Kier alpha value is -0.0600. The molecule has 2 rings (SSSR count). The van der Waals surface area contributed by atoms with Gasteiger partial charge in [0.1, 0.15) is 0 Å². The molecule has 14 heavy (non-hydrogen) atoms. The largest absolute Gasteiger partial charge is 0.308 e. The molecule has 1 atom stereocenters. The van der Waals surface area contributed by atoms with E-state index in [-0.39, 0.29) is 12.1 Å². The van der Waals surface area contributed by atoms with E-state index in [9.17, 15) is 4.48 Å². The maximum atomic E-state index is 13.6. The van der Waals surface area contributed by atoms with Gasteiger partial charge in [-0.15, -0.1) is 9.60 Å². The highest BCUT2D eigenvalue weighted by Gasteiger charge is 2.27. The van der Waals surface area contributed by atoms with E-state index in [4.69, 9.17) is 12.2 Å². The van der Waals surface area contributed by atoms with Crippen molar-refractivity contribution in [2.24, 2.45) is 0 Å². The van der Waals surface area contributed by atoms with Gasteiger partial charge in [-0.1, -0.05) is 25.1 Å². The normalized spacial score (nSPS) is 29.3. The molecule has 1 saturated heterocycles. The van der Waals surface area contributed by atoms with Crippen molar-refractivity contribution in [2.45, 2.75) is 44.2 Å². The SMILES string of the molecule is FN(CC1CC(=S)CN1)C1CCCC1. The number of nitrogens with zero attached hydrogens (tertiary/aromatic N) is 1. The third-order valence-electron chi connectivity index (χ3n) is 3.18. The molecule has 1 saturated carbocycles. The molecule has 0 aromatic heterocycles. The fraction of sp³-hybridized carbons (Fsp3) is 0.900. The van der Waals surface area contributed by atoms with E-state index < -0.39 is 0 Å². The van der Waals surface area contributed by atoms with Crippen molar-refractivity contribution in [3.05, 3.63) is 0 Å². The monoisotopic (exact) mass is 216 g/mol. The summed E-state index contributed by atoms with van der Waals surface area (Å²) in [4.78, 5) is 1.04. The standard InChI is InChI=1S/C10H17FN2S/c11-13(9-3-1-2-4-9)7-8-5-10(14)6-12-8/h8-9,12H,1-7H2. The second kappa shape index (κ2) is 4.64. The molecule has 0 aromatic carbocycles. The van der Waals surface area contributed by atoms with Gasteiger partial charge in [0, 0.05) is 30.0 Å². The summed E-state index contributed by atoms with van der Waals surface area (Å²) >= 11 is 5.08. The maximum Gasteiger partial charge on any atom is 0.0451 e.